The molecule has 0 unspecified atom stereocenters. The first-order valence-electron chi connectivity index (χ1n) is 5.79. The third-order valence-electron chi connectivity index (χ3n) is 2.85. The number of H-pyrrole nitrogens is 1. The number of nitrogens with one attached hydrogen (secondary N) is 1. The highest BCUT2D eigenvalue weighted by atomic mass is 32.1. The number of primary amides is 1. The molecule has 1 amide bonds. The van der Waals surface area contributed by atoms with E-state index in [0.29, 0.717) is 10.6 Å². The van der Waals surface area contributed by atoms with Crippen LogP contribution in [0.1, 0.15) is 23.0 Å². The molecule has 6 heteroatoms. The zero-order chi connectivity index (χ0) is 13.3. The lowest BCUT2D eigenvalue weighted by atomic mass is 10.2. The Morgan fingerprint density at radius 1 is 1.56 bits per heavy atom. The van der Waals surface area contributed by atoms with E-state index in [2.05, 4.69) is 16.8 Å². The lowest BCUT2D eigenvalue weighted by Crippen LogP contribution is -2.19. The summed E-state index contributed by atoms with van der Waals surface area (Å²) in [7, 11) is 2.01. The van der Waals surface area contributed by atoms with Crippen LogP contribution in [0.5, 0.6) is 0 Å². The Morgan fingerprint density at radius 3 is 2.89 bits per heavy atom. The van der Waals surface area contributed by atoms with Crippen LogP contribution in [0.2, 0.25) is 0 Å². The highest BCUT2D eigenvalue weighted by Crippen LogP contribution is 2.36. The minimum Gasteiger partial charge on any atom is -0.397 e. The molecule has 0 aliphatic carbocycles. The summed E-state index contributed by atoms with van der Waals surface area (Å²) < 4.78 is 0. The smallest absolute Gasteiger partial charge is 0.272 e. The van der Waals surface area contributed by atoms with E-state index in [1.54, 1.807) is 0 Å². The molecule has 0 saturated heterocycles. The molecule has 2 rings (SSSR count). The van der Waals surface area contributed by atoms with Gasteiger partial charge in [0.2, 0.25) is 0 Å². The molecule has 0 fully saturated rings. The van der Waals surface area contributed by atoms with Crippen LogP contribution in [0.3, 0.4) is 0 Å². The largest absolute Gasteiger partial charge is 0.397 e. The van der Waals surface area contributed by atoms with Crippen molar-refractivity contribution in [2.45, 2.75) is 13.3 Å². The molecule has 2 aromatic heterocycles. The quantitative estimate of drug-likeness (QED) is 0.872. The second kappa shape index (κ2) is 4.81. The van der Waals surface area contributed by atoms with Crippen LogP contribution in [0.15, 0.2) is 12.3 Å². The summed E-state index contributed by atoms with van der Waals surface area (Å²) in [5, 5.41) is 0.882. The van der Waals surface area contributed by atoms with Crippen molar-refractivity contribution >= 4 is 38.8 Å². The van der Waals surface area contributed by atoms with E-state index in [-0.39, 0.29) is 0 Å². The number of nitrogens with zero attached hydrogens (tertiary/aromatic N) is 1. The number of pyridine rings is 1. The van der Waals surface area contributed by atoms with E-state index >= 15 is 0 Å². The fourth-order valence-corrected chi connectivity index (χ4v) is 3.00. The Kier molecular flexibility index (Phi) is 3.38. The number of hydrogen-bond donors (Lipinski definition) is 2. The predicted octanol–water partition coefficient (Wildman–Crippen LogP) is 1.24. The van der Waals surface area contributed by atoms with Crippen LogP contribution in [0.25, 0.3) is 10.2 Å². The van der Waals surface area contributed by atoms with Gasteiger partial charge in [-0.15, -0.1) is 0 Å². The number of hydrogen-bond acceptors (Lipinski definition) is 4. The molecule has 0 saturated carbocycles. The summed E-state index contributed by atoms with van der Waals surface area (Å²) >= 11 is 1.30. The van der Waals surface area contributed by atoms with Crippen molar-refractivity contribution in [1.82, 2.24) is 0 Å². The van der Waals surface area contributed by atoms with Gasteiger partial charge < -0.3 is 16.4 Å². The molecule has 2 heterocycles. The molecule has 96 valence electrons. The van der Waals surface area contributed by atoms with Gasteiger partial charge in [0.05, 0.1) is 11.4 Å². The maximum Gasteiger partial charge on any atom is 0.272 e. The Balaban J connectivity index is 2.65. The lowest BCUT2D eigenvalue weighted by Gasteiger charge is -2.18. The maximum atomic E-state index is 11.3. The van der Waals surface area contributed by atoms with Gasteiger partial charge in [0.1, 0.15) is 10.3 Å². The fourth-order valence-electron chi connectivity index (χ4n) is 2.04. The second-order valence-electron chi connectivity index (χ2n) is 4.20. The Bertz CT molecular complexity index is 593. The molecular formula is C12H17N4OS+. The van der Waals surface area contributed by atoms with Crippen molar-refractivity contribution in [1.29, 1.82) is 0 Å². The molecule has 0 radical (unpaired) electrons. The molecule has 0 aliphatic rings. The molecule has 18 heavy (non-hydrogen) atoms. The average Bonchev–Trinajstić information content (AvgIpc) is 2.67. The first kappa shape index (κ1) is 12.6. The molecule has 0 aromatic carbocycles. The number of thiophene rings is 1. The molecule has 0 atom stereocenters. The average molecular weight is 265 g/mol. The van der Waals surface area contributed by atoms with E-state index in [9.17, 15) is 4.79 Å². The van der Waals surface area contributed by atoms with E-state index in [4.69, 9.17) is 11.5 Å². The van der Waals surface area contributed by atoms with Crippen LogP contribution < -0.4 is 21.4 Å². The van der Waals surface area contributed by atoms with Crippen molar-refractivity contribution in [3.05, 3.63) is 17.1 Å². The van der Waals surface area contributed by atoms with Gasteiger partial charge >= 0.3 is 0 Å². The highest BCUT2D eigenvalue weighted by Gasteiger charge is 2.21. The summed E-state index contributed by atoms with van der Waals surface area (Å²) in [6.07, 6.45) is 2.90. The SMILES string of the molecule is CCCN(C)c1cc[nH+]c2sc(C(N)=O)c(N)c12. The van der Waals surface area contributed by atoms with E-state index in [1.807, 2.05) is 19.3 Å². The lowest BCUT2D eigenvalue weighted by molar-refractivity contribution is -0.341. The van der Waals surface area contributed by atoms with Crippen molar-refractivity contribution < 1.29 is 9.78 Å². The van der Waals surface area contributed by atoms with Crippen LogP contribution in [-0.4, -0.2) is 19.5 Å². The first-order valence-corrected chi connectivity index (χ1v) is 6.61. The van der Waals surface area contributed by atoms with E-state index in [0.717, 1.165) is 28.9 Å². The van der Waals surface area contributed by atoms with Crippen LogP contribution in [-0.2, 0) is 0 Å². The van der Waals surface area contributed by atoms with Crippen LogP contribution >= 0.6 is 11.3 Å². The van der Waals surface area contributed by atoms with Crippen molar-refractivity contribution in [2.75, 3.05) is 24.2 Å². The molecule has 5 N–H and O–H groups in total. The second-order valence-corrected chi connectivity index (χ2v) is 5.22. The number of amides is 1. The third kappa shape index (κ3) is 1.99. The van der Waals surface area contributed by atoms with Crippen LogP contribution in [0.4, 0.5) is 11.4 Å². The van der Waals surface area contributed by atoms with Gasteiger partial charge in [-0.05, 0) is 6.42 Å². The van der Waals surface area contributed by atoms with Crippen molar-refractivity contribution in [2.24, 2.45) is 5.73 Å². The van der Waals surface area contributed by atoms with Gasteiger partial charge in [-0.25, -0.2) is 4.98 Å². The molecule has 5 nitrogen and oxygen atoms in total. The number of fused-ring (bicyclic) bond motifs is 1. The van der Waals surface area contributed by atoms with Gasteiger partial charge in [0.15, 0.2) is 6.20 Å². The Morgan fingerprint density at radius 2 is 2.28 bits per heavy atom. The van der Waals surface area contributed by atoms with Crippen molar-refractivity contribution in [3.8, 4) is 0 Å². The summed E-state index contributed by atoms with van der Waals surface area (Å²) in [4.78, 5) is 17.9. The number of carbonyl (C=O) groups is 1. The summed E-state index contributed by atoms with van der Waals surface area (Å²) in [6, 6.07) is 1.96. The zero-order valence-corrected chi connectivity index (χ0v) is 11.3. The Hall–Kier alpha value is -1.82. The van der Waals surface area contributed by atoms with Gasteiger partial charge in [0, 0.05) is 19.7 Å². The zero-order valence-electron chi connectivity index (χ0n) is 10.5. The van der Waals surface area contributed by atoms with E-state index < -0.39 is 5.91 Å². The Labute approximate surface area is 109 Å². The van der Waals surface area contributed by atoms with Crippen molar-refractivity contribution in [3.63, 3.8) is 0 Å². The predicted molar refractivity (Wildman–Crippen MR) is 74.9 cm³/mol. The van der Waals surface area contributed by atoms with Crippen LogP contribution in [0, 0.1) is 0 Å². The minimum atomic E-state index is -0.480. The molecule has 2 aromatic rings. The number of carbonyl (C=O) groups excluding carboxylic acids is 1. The molecular weight excluding hydrogens is 248 g/mol. The molecule has 0 aliphatic heterocycles. The monoisotopic (exact) mass is 265 g/mol. The molecule has 0 spiro atoms. The number of aromatic nitrogens is 1. The first-order chi connectivity index (χ1) is 8.56. The maximum absolute atomic E-state index is 11.3. The highest BCUT2D eigenvalue weighted by molar-refractivity contribution is 7.20. The standard InChI is InChI=1S/C12H16N4OS/c1-3-6-16(2)7-4-5-15-12-8(7)9(13)10(18-12)11(14)17/h4-5H,3,6,13H2,1-2H3,(H2,14,17)/p+1. The number of nitrogens with two attached hydrogens (primary N) is 2. The minimum absolute atomic E-state index is 0.415. The topological polar surface area (TPSA) is 86.5 Å². The van der Waals surface area contributed by atoms with E-state index in [1.165, 1.54) is 11.3 Å². The number of aromatic amines is 1. The molecule has 0 bridgehead atoms. The third-order valence-corrected chi connectivity index (χ3v) is 4.00. The number of nitrogen functional groups attached to an aromatic ring is 1. The summed E-state index contributed by atoms with van der Waals surface area (Å²) in [5.74, 6) is -0.480. The summed E-state index contributed by atoms with van der Waals surface area (Å²) in [6.45, 7) is 3.05. The van der Waals surface area contributed by atoms with Gasteiger partial charge in [-0.1, -0.05) is 18.3 Å². The number of anilines is 2. The normalized spacial score (nSPS) is 10.8. The number of rotatable bonds is 4. The fraction of sp³-hybridized carbons (Fsp3) is 0.333. The van der Waals surface area contributed by atoms with Gasteiger partial charge in [0.25, 0.3) is 10.7 Å². The van der Waals surface area contributed by atoms with Gasteiger partial charge in [-0.2, -0.15) is 0 Å². The summed E-state index contributed by atoms with van der Waals surface area (Å²) in [5.41, 5.74) is 12.9. The van der Waals surface area contributed by atoms with Gasteiger partial charge in [-0.3, -0.25) is 4.79 Å².